The van der Waals surface area contributed by atoms with Gasteiger partial charge in [-0.3, -0.25) is 0 Å². The minimum Gasteiger partial charge on any atom is -0.543 e. The van der Waals surface area contributed by atoms with E-state index in [9.17, 15) is 10.2 Å². The number of rotatable bonds is 2. The van der Waals surface area contributed by atoms with Gasteiger partial charge in [-0.2, -0.15) is 0 Å². The molecule has 0 bridgehead atoms. The van der Waals surface area contributed by atoms with Gasteiger partial charge in [0.15, 0.2) is 0 Å². The first-order valence-corrected chi connectivity index (χ1v) is 14.0. The topological polar surface area (TPSA) is 49.7 Å². The second kappa shape index (κ2) is 6.58. The summed E-state index contributed by atoms with van der Waals surface area (Å²) in [6, 6.07) is 6.60. The number of fused-ring (bicyclic) bond motifs is 5. The molecule has 1 aromatic rings. The molecule has 4 unspecified atom stereocenters. The molecule has 0 heterocycles. The Morgan fingerprint density at radius 1 is 1.11 bits per heavy atom. The zero-order valence-corrected chi connectivity index (χ0v) is 19.5. The first kappa shape index (κ1) is 20.4. The maximum Gasteiger partial charge on any atom is 0.250 e. The van der Waals surface area contributed by atoms with Gasteiger partial charge in [0.2, 0.25) is 8.32 Å². The van der Waals surface area contributed by atoms with Crippen LogP contribution in [0.4, 0.5) is 0 Å². The van der Waals surface area contributed by atoms with Crippen molar-refractivity contribution in [2.75, 3.05) is 0 Å². The van der Waals surface area contributed by atoms with Crippen LogP contribution in [-0.4, -0.2) is 30.7 Å². The second-order valence-corrected chi connectivity index (χ2v) is 16.2. The number of aliphatic hydroxyl groups is 2. The van der Waals surface area contributed by atoms with Gasteiger partial charge in [-0.25, -0.2) is 0 Å². The van der Waals surface area contributed by atoms with Crippen LogP contribution in [0, 0.1) is 17.3 Å². The molecule has 3 aliphatic rings. The fourth-order valence-corrected chi connectivity index (χ4v) is 7.15. The van der Waals surface area contributed by atoms with Crippen molar-refractivity contribution in [3.63, 3.8) is 0 Å². The summed E-state index contributed by atoms with van der Waals surface area (Å²) in [5.74, 6) is 2.24. The molecule has 0 aromatic heterocycles. The third-order valence-corrected chi connectivity index (χ3v) is 13.2. The molecule has 2 fully saturated rings. The number of aliphatic hydroxyl groups excluding tert-OH is 2. The van der Waals surface area contributed by atoms with Crippen LogP contribution in [0.1, 0.15) is 70.4 Å². The Bertz CT molecular complexity index is 753. The first-order valence-electron chi connectivity index (χ1n) is 11.1. The Morgan fingerprint density at radius 2 is 1.82 bits per heavy atom. The van der Waals surface area contributed by atoms with Crippen molar-refractivity contribution in [1.82, 2.24) is 0 Å². The lowest BCUT2D eigenvalue weighted by atomic mass is 9.54. The molecule has 156 valence electrons. The lowest BCUT2D eigenvalue weighted by Crippen LogP contribution is -2.50. The predicted octanol–water partition coefficient (Wildman–Crippen LogP) is 5.26. The van der Waals surface area contributed by atoms with E-state index >= 15 is 0 Å². The van der Waals surface area contributed by atoms with Crippen molar-refractivity contribution in [3.05, 3.63) is 29.3 Å². The Balaban J connectivity index is 1.62. The maximum absolute atomic E-state index is 11.1. The van der Waals surface area contributed by atoms with Crippen molar-refractivity contribution >= 4 is 8.32 Å². The normalized spacial score (nSPS) is 37.8. The third kappa shape index (κ3) is 3.07. The number of hydrogen-bond acceptors (Lipinski definition) is 3. The fraction of sp³-hybridized carbons (Fsp3) is 0.750. The molecule has 3 aliphatic carbocycles. The lowest BCUT2D eigenvalue weighted by Gasteiger charge is -2.52. The molecule has 2 saturated carbocycles. The van der Waals surface area contributed by atoms with Crippen molar-refractivity contribution in [2.45, 2.75) is 96.1 Å². The molecule has 4 rings (SSSR count). The van der Waals surface area contributed by atoms with Crippen molar-refractivity contribution in [1.29, 1.82) is 0 Å². The van der Waals surface area contributed by atoms with Gasteiger partial charge in [-0.05, 0) is 90.7 Å². The monoisotopic (exact) mass is 402 g/mol. The minimum absolute atomic E-state index is 0.108. The number of aryl methyl sites for hydroxylation is 1. The molecular formula is C24H38O3Si. The summed E-state index contributed by atoms with van der Waals surface area (Å²) in [6.45, 7) is 13.6. The zero-order chi connectivity index (χ0) is 20.5. The average Bonchev–Trinajstić information content (AvgIpc) is 2.88. The van der Waals surface area contributed by atoms with Crippen LogP contribution < -0.4 is 4.43 Å². The van der Waals surface area contributed by atoms with E-state index in [4.69, 9.17) is 4.43 Å². The van der Waals surface area contributed by atoms with Gasteiger partial charge < -0.3 is 14.6 Å². The van der Waals surface area contributed by atoms with Gasteiger partial charge in [-0.1, -0.05) is 33.8 Å². The highest BCUT2D eigenvalue weighted by Gasteiger charge is 2.57. The van der Waals surface area contributed by atoms with Crippen LogP contribution in [0.25, 0.3) is 0 Å². The van der Waals surface area contributed by atoms with E-state index < -0.39 is 8.32 Å². The predicted molar refractivity (Wildman–Crippen MR) is 116 cm³/mol. The van der Waals surface area contributed by atoms with Crippen LogP contribution in [0.2, 0.25) is 18.1 Å². The average molecular weight is 403 g/mol. The van der Waals surface area contributed by atoms with Crippen molar-refractivity contribution in [3.8, 4) is 5.75 Å². The molecule has 2 N–H and O–H groups in total. The summed E-state index contributed by atoms with van der Waals surface area (Å²) in [4.78, 5) is 0. The first-order chi connectivity index (χ1) is 12.9. The zero-order valence-electron chi connectivity index (χ0n) is 18.5. The summed E-state index contributed by atoms with van der Waals surface area (Å²) in [5, 5.41) is 21.9. The molecule has 0 aliphatic heterocycles. The lowest BCUT2D eigenvalue weighted by molar-refractivity contribution is -0.0798. The Labute approximate surface area is 171 Å². The van der Waals surface area contributed by atoms with E-state index in [0.29, 0.717) is 11.8 Å². The van der Waals surface area contributed by atoms with E-state index in [1.165, 1.54) is 11.1 Å². The van der Waals surface area contributed by atoms with E-state index in [2.05, 4.69) is 59.0 Å². The highest BCUT2D eigenvalue weighted by molar-refractivity contribution is 6.74. The van der Waals surface area contributed by atoms with Crippen LogP contribution >= 0.6 is 0 Å². The molecule has 28 heavy (non-hydrogen) atoms. The Kier molecular flexibility index (Phi) is 4.80. The van der Waals surface area contributed by atoms with E-state index in [0.717, 1.165) is 37.9 Å². The Morgan fingerprint density at radius 3 is 2.50 bits per heavy atom. The fourth-order valence-electron chi connectivity index (χ4n) is 6.12. The molecular weight excluding hydrogens is 364 g/mol. The van der Waals surface area contributed by atoms with Gasteiger partial charge in [0.25, 0.3) is 0 Å². The number of benzene rings is 1. The highest BCUT2D eigenvalue weighted by Crippen LogP contribution is 2.61. The molecule has 0 saturated heterocycles. The van der Waals surface area contributed by atoms with Crippen molar-refractivity contribution < 1.29 is 14.6 Å². The third-order valence-electron chi connectivity index (χ3n) is 8.80. The molecule has 4 heteroatoms. The smallest absolute Gasteiger partial charge is 0.250 e. The second-order valence-electron chi connectivity index (χ2n) is 11.4. The summed E-state index contributed by atoms with van der Waals surface area (Å²) in [7, 11) is -1.85. The van der Waals surface area contributed by atoms with Gasteiger partial charge in [0.05, 0.1) is 12.2 Å². The van der Waals surface area contributed by atoms with Gasteiger partial charge in [0.1, 0.15) is 5.75 Å². The number of hydrogen-bond donors (Lipinski definition) is 2. The van der Waals surface area contributed by atoms with E-state index in [1.807, 2.05) is 0 Å². The van der Waals surface area contributed by atoms with Crippen LogP contribution in [0.5, 0.6) is 5.75 Å². The molecule has 6 atom stereocenters. The molecule has 0 amide bonds. The highest BCUT2D eigenvalue weighted by atomic mass is 28.4. The summed E-state index contributed by atoms with van der Waals surface area (Å²) in [6.07, 6.45) is 4.28. The van der Waals surface area contributed by atoms with Crippen molar-refractivity contribution in [2.24, 2.45) is 17.3 Å². The minimum atomic E-state index is -1.85. The van der Waals surface area contributed by atoms with E-state index in [-0.39, 0.29) is 28.6 Å². The van der Waals surface area contributed by atoms with Gasteiger partial charge in [-0.15, -0.1) is 0 Å². The van der Waals surface area contributed by atoms with Crippen LogP contribution in [-0.2, 0) is 6.42 Å². The SMILES string of the molecule is CC(C)(C)[Si](C)(C)Oc1ccc2c(c1)CCC1C2[C@H](O)C[C@]2(C)C(O)CCC12. The van der Waals surface area contributed by atoms with E-state index in [1.54, 1.807) is 0 Å². The van der Waals surface area contributed by atoms with Gasteiger partial charge >= 0.3 is 0 Å². The van der Waals surface area contributed by atoms with Gasteiger partial charge in [0, 0.05) is 5.92 Å². The Hall–Kier alpha value is -0.843. The maximum atomic E-state index is 11.1. The largest absolute Gasteiger partial charge is 0.543 e. The van der Waals surface area contributed by atoms with Crippen LogP contribution in [0.15, 0.2) is 18.2 Å². The summed E-state index contributed by atoms with van der Waals surface area (Å²) < 4.78 is 6.54. The quantitative estimate of drug-likeness (QED) is 0.664. The van der Waals surface area contributed by atoms with Crippen LogP contribution in [0.3, 0.4) is 0 Å². The summed E-state index contributed by atoms with van der Waals surface area (Å²) >= 11 is 0. The standard InChI is InChI=1S/C24H38O3Si/c1-23(2,3)28(5,6)27-16-8-10-17-15(13-16)7-9-18-19-11-12-21(26)24(19,4)14-20(25)22(17)18/h8,10,13,18-22,25-26H,7,9,11-12,14H2,1-6H3/t18?,19?,20-,21?,22?,24+/m1/s1. The molecule has 0 radical (unpaired) electrons. The molecule has 0 spiro atoms. The summed E-state index contributed by atoms with van der Waals surface area (Å²) in [5.41, 5.74) is 2.58. The molecule has 3 nitrogen and oxygen atoms in total. The molecule has 1 aromatic carbocycles.